The van der Waals surface area contributed by atoms with E-state index in [2.05, 4.69) is 41.3 Å². The summed E-state index contributed by atoms with van der Waals surface area (Å²) in [5.41, 5.74) is 1.38. The Morgan fingerprint density at radius 1 is 1.22 bits per heavy atom. The molecule has 1 aromatic rings. The molecule has 3 heteroatoms. The topological polar surface area (TPSA) is 28.2 Å². The first-order valence-electron chi connectivity index (χ1n) is 6.97. The van der Waals surface area contributed by atoms with Gasteiger partial charge in [-0.15, -0.1) is 0 Å². The maximum atomic E-state index is 4.04. The Balaban J connectivity index is 2.05. The number of unbranched alkanes of at least 4 members (excludes halogenated alkanes) is 1. The summed E-state index contributed by atoms with van der Waals surface area (Å²) in [7, 11) is 4.24. The summed E-state index contributed by atoms with van der Waals surface area (Å²) in [6, 6.07) is 4.84. The number of nitrogens with zero attached hydrogens (tertiary/aromatic N) is 2. The second-order valence-electron chi connectivity index (χ2n) is 5.09. The zero-order chi connectivity index (χ0) is 13.2. The molecule has 102 valence electrons. The molecule has 1 unspecified atom stereocenters. The van der Waals surface area contributed by atoms with Gasteiger partial charge in [0.1, 0.15) is 0 Å². The predicted octanol–water partition coefficient (Wildman–Crippen LogP) is 2.33. The van der Waals surface area contributed by atoms with Gasteiger partial charge >= 0.3 is 0 Å². The molecule has 1 heterocycles. The lowest BCUT2D eigenvalue weighted by atomic mass is 10.1. The van der Waals surface area contributed by atoms with Crippen LogP contribution in [0, 0.1) is 0 Å². The third-order valence-electron chi connectivity index (χ3n) is 3.45. The van der Waals surface area contributed by atoms with Gasteiger partial charge in [0, 0.05) is 25.0 Å². The van der Waals surface area contributed by atoms with Crippen molar-refractivity contribution in [3.8, 4) is 0 Å². The molecule has 0 saturated heterocycles. The van der Waals surface area contributed by atoms with Gasteiger partial charge in [0.05, 0.1) is 0 Å². The number of hydrogen-bond donors (Lipinski definition) is 1. The Kier molecular flexibility index (Phi) is 7.62. The highest BCUT2D eigenvalue weighted by atomic mass is 15.1. The zero-order valence-corrected chi connectivity index (χ0v) is 12.0. The number of pyridine rings is 1. The third-order valence-corrected chi connectivity index (χ3v) is 3.45. The van der Waals surface area contributed by atoms with Gasteiger partial charge in [0.2, 0.25) is 0 Å². The molecule has 0 amide bonds. The van der Waals surface area contributed by atoms with Gasteiger partial charge in [-0.3, -0.25) is 4.98 Å². The second-order valence-corrected chi connectivity index (χ2v) is 5.09. The van der Waals surface area contributed by atoms with Gasteiger partial charge in [-0.1, -0.05) is 6.42 Å². The molecule has 0 bridgehead atoms. The first-order valence-corrected chi connectivity index (χ1v) is 6.97. The molecule has 0 aliphatic rings. The molecule has 0 fully saturated rings. The molecule has 3 nitrogen and oxygen atoms in total. The predicted molar refractivity (Wildman–Crippen MR) is 77.8 cm³/mol. The highest BCUT2D eigenvalue weighted by Gasteiger charge is 2.01. The molecule has 1 rings (SSSR count). The van der Waals surface area contributed by atoms with Crippen LogP contribution in [0.25, 0.3) is 0 Å². The lowest BCUT2D eigenvalue weighted by Gasteiger charge is -2.17. The quantitative estimate of drug-likeness (QED) is 0.681. The summed E-state index contributed by atoms with van der Waals surface area (Å²) in [5.74, 6) is 0. The normalized spacial score (nSPS) is 12.9. The summed E-state index contributed by atoms with van der Waals surface area (Å²) in [4.78, 5) is 6.46. The van der Waals surface area contributed by atoms with Gasteiger partial charge in [0.25, 0.3) is 0 Å². The molecule has 0 spiro atoms. The van der Waals surface area contributed by atoms with Crippen LogP contribution in [0.2, 0.25) is 0 Å². The van der Waals surface area contributed by atoms with Crippen LogP contribution in [0.15, 0.2) is 24.5 Å². The third kappa shape index (κ3) is 6.72. The average Bonchev–Trinajstić information content (AvgIpc) is 2.42. The Bertz CT molecular complexity index is 300. The molecule has 0 aliphatic heterocycles. The number of aromatic nitrogens is 1. The van der Waals surface area contributed by atoms with E-state index in [4.69, 9.17) is 0 Å². The van der Waals surface area contributed by atoms with Crippen molar-refractivity contribution in [2.45, 2.75) is 38.6 Å². The maximum absolute atomic E-state index is 4.04. The molecule has 0 saturated carbocycles. The summed E-state index contributed by atoms with van der Waals surface area (Å²) in [6.45, 7) is 4.57. The van der Waals surface area contributed by atoms with Crippen molar-refractivity contribution in [3.05, 3.63) is 30.1 Å². The summed E-state index contributed by atoms with van der Waals surface area (Å²) < 4.78 is 0. The highest BCUT2D eigenvalue weighted by Crippen LogP contribution is 2.03. The maximum Gasteiger partial charge on any atom is 0.0270 e. The molecule has 1 aromatic heterocycles. The first kappa shape index (κ1) is 15.1. The van der Waals surface area contributed by atoms with Crippen LogP contribution in [-0.4, -0.2) is 43.1 Å². The van der Waals surface area contributed by atoms with Gasteiger partial charge in [0.15, 0.2) is 0 Å². The average molecular weight is 249 g/mol. The van der Waals surface area contributed by atoms with E-state index in [1.54, 1.807) is 0 Å². The van der Waals surface area contributed by atoms with Crippen molar-refractivity contribution >= 4 is 0 Å². The van der Waals surface area contributed by atoms with Crippen LogP contribution in [0.4, 0.5) is 0 Å². The Morgan fingerprint density at radius 2 is 1.94 bits per heavy atom. The van der Waals surface area contributed by atoms with Crippen molar-refractivity contribution in [2.75, 3.05) is 27.2 Å². The van der Waals surface area contributed by atoms with E-state index < -0.39 is 0 Å². The number of likely N-dealkylation sites (N-methyl/N-ethyl adjacent to an activating group) is 1. The van der Waals surface area contributed by atoms with Crippen LogP contribution in [0.5, 0.6) is 0 Å². The van der Waals surface area contributed by atoms with Gasteiger partial charge in [-0.2, -0.15) is 0 Å². The summed E-state index contributed by atoms with van der Waals surface area (Å²) in [6.07, 6.45) is 8.73. The molecular weight excluding hydrogens is 222 g/mol. The lowest BCUT2D eigenvalue weighted by Crippen LogP contribution is -2.24. The molecule has 0 aliphatic carbocycles. The van der Waals surface area contributed by atoms with Crippen LogP contribution in [0.3, 0.4) is 0 Å². The standard InChI is InChI=1S/C15H27N3/c1-14(16-2)6-4-5-12-18(3)13-9-15-7-10-17-11-8-15/h7-8,10-11,14,16H,4-6,9,12-13H2,1-3H3. The molecule has 18 heavy (non-hydrogen) atoms. The van der Waals surface area contributed by atoms with E-state index in [9.17, 15) is 0 Å². The summed E-state index contributed by atoms with van der Waals surface area (Å²) >= 11 is 0. The Labute approximate surface area is 112 Å². The fraction of sp³-hybridized carbons (Fsp3) is 0.667. The van der Waals surface area contributed by atoms with Crippen molar-refractivity contribution in [3.63, 3.8) is 0 Å². The minimum atomic E-state index is 0.645. The second kappa shape index (κ2) is 9.06. The fourth-order valence-corrected chi connectivity index (χ4v) is 1.96. The van der Waals surface area contributed by atoms with Gasteiger partial charge in [-0.05, 0) is 64.5 Å². The molecule has 0 radical (unpaired) electrons. The van der Waals surface area contributed by atoms with Gasteiger partial charge in [-0.25, -0.2) is 0 Å². The highest BCUT2D eigenvalue weighted by molar-refractivity contribution is 5.09. The van der Waals surface area contributed by atoms with E-state index in [-0.39, 0.29) is 0 Å². The van der Waals surface area contributed by atoms with Crippen LogP contribution < -0.4 is 5.32 Å². The number of rotatable bonds is 9. The van der Waals surface area contributed by atoms with E-state index >= 15 is 0 Å². The van der Waals surface area contributed by atoms with Crippen molar-refractivity contribution in [1.82, 2.24) is 15.2 Å². The molecule has 0 aromatic carbocycles. The van der Waals surface area contributed by atoms with E-state index in [1.807, 2.05) is 19.4 Å². The van der Waals surface area contributed by atoms with Crippen molar-refractivity contribution in [2.24, 2.45) is 0 Å². The Morgan fingerprint density at radius 3 is 2.61 bits per heavy atom. The first-order chi connectivity index (χ1) is 8.72. The summed E-state index contributed by atoms with van der Waals surface area (Å²) in [5, 5.41) is 3.28. The number of nitrogens with one attached hydrogen (secondary N) is 1. The zero-order valence-electron chi connectivity index (χ0n) is 12.0. The van der Waals surface area contributed by atoms with Crippen LogP contribution >= 0.6 is 0 Å². The van der Waals surface area contributed by atoms with Gasteiger partial charge < -0.3 is 10.2 Å². The smallest absolute Gasteiger partial charge is 0.0270 e. The van der Waals surface area contributed by atoms with E-state index in [0.717, 1.165) is 13.0 Å². The number of hydrogen-bond acceptors (Lipinski definition) is 3. The van der Waals surface area contributed by atoms with E-state index in [1.165, 1.54) is 31.4 Å². The van der Waals surface area contributed by atoms with Crippen molar-refractivity contribution in [1.29, 1.82) is 0 Å². The van der Waals surface area contributed by atoms with Crippen molar-refractivity contribution < 1.29 is 0 Å². The Hall–Kier alpha value is -0.930. The minimum Gasteiger partial charge on any atom is -0.317 e. The molecule has 1 N–H and O–H groups in total. The fourth-order valence-electron chi connectivity index (χ4n) is 1.96. The SMILES string of the molecule is CNC(C)CCCCN(C)CCc1ccncc1. The van der Waals surface area contributed by atoms with Crippen LogP contribution in [0.1, 0.15) is 31.7 Å². The van der Waals surface area contributed by atoms with E-state index in [0.29, 0.717) is 6.04 Å². The monoisotopic (exact) mass is 249 g/mol. The van der Waals surface area contributed by atoms with Crippen LogP contribution in [-0.2, 0) is 6.42 Å². The minimum absolute atomic E-state index is 0.645. The largest absolute Gasteiger partial charge is 0.317 e. The molecular formula is C15H27N3. The molecule has 1 atom stereocenters. The lowest BCUT2D eigenvalue weighted by molar-refractivity contribution is 0.325.